The highest BCUT2D eigenvalue weighted by molar-refractivity contribution is 6.33. The zero-order valence-electron chi connectivity index (χ0n) is 14.1. The zero-order chi connectivity index (χ0) is 18.1. The second-order valence-corrected chi connectivity index (χ2v) is 7.19. The van der Waals surface area contributed by atoms with Gasteiger partial charge in [-0.15, -0.1) is 0 Å². The van der Waals surface area contributed by atoms with Crippen molar-refractivity contribution < 1.29 is 4.79 Å². The van der Waals surface area contributed by atoms with Crippen molar-refractivity contribution in [1.82, 2.24) is 20.8 Å². The number of nitrogens with one attached hydrogen (secondary N) is 3. The number of urea groups is 1. The molecule has 4 rings (SSSR count). The average molecular weight is 374 g/mol. The zero-order valence-corrected chi connectivity index (χ0v) is 14.9. The summed E-state index contributed by atoms with van der Waals surface area (Å²) in [5.41, 5.74) is 1.46. The van der Waals surface area contributed by atoms with Crippen LogP contribution in [-0.4, -0.2) is 41.4 Å². The van der Waals surface area contributed by atoms with Gasteiger partial charge in [0.25, 0.3) is 5.56 Å². The fourth-order valence-electron chi connectivity index (χ4n) is 3.51. The SMILES string of the molecule is O=C(NC1CC1c1ccccc1)N[C@@H]1CCN(c2cn[nH]c(=O)c2Cl)C1. The Kier molecular flexibility index (Phi) is 4.55. The third-order valence-electron chi connectivity index (χ3n) is 4.98. The van der Waals surface area contributed by atoms with Gasteiger partial charge in [0.1, 0.15) is 5.02 Å². The van der Waals surface area contributed by atoms with Crippen molar-refractivity contribution in [3.63, 3.8) is 0 Å². The molecule has 1 aromatic heterocycles. The highest BCUT2D eigenvalue weighted by Crippen LogP contribution is 2.40. The van der Waals surface area contributed by atoms with E-state index in [0.717, 1.165) is 12.8 Å². The first kappa shape index (κ1) is 16.9. The Morgan fingerprint density at radius 1 is 1.27 bits per heavy atom. The first-order chi connectivity index (χ1) is 12.6. The summed E-state index contributed by atoms with van der Waals surface area (Å²) in [6.45, 7) is 1.32. The topological polar surface area (TPSA) is 90.1 Å². The third-order valence-corrected chi connectivity index (χ3v) is 5.34. The van der Waals surface area contributed by atoms with E-state index in [2.05, 4.69) is 33.0 Å². The highest BCUT2D eigenvalue weighted by Gasteiger charge is 2.39. The van der Waals surface area contributed by atoms with Gasteiger partial charge in [0.05, 0.1) is 11.9 Å². The molecule has 3 N–H and O–H groups in total. The second kappa shape index (κ2) is 6.99. The fourth-order valence-corrected chi connectivity index (χ4v) is 3.72. The van der Waals surface area contributed by atoms with Gasteiger partial charge in [-0.1, -0.05) is 41.9 Å². The molecular weight excluding hydrogens is 354 g/mol. The minimum Gasteiger partial charge on any atom is -0.367 e. The van der Waals surface area contributed by atoms with Crippen molar-refractivity contribution in [3.05, 3.63) is 57.5 Å². The normalized spacial score (nSPS) is 24.3. The van der Waals surface area contributed by atoms with E-state index in [1.165, 1.54) is 5.56 Å². The number of carbonyl (C=O) groups excluding carboxylic acids is 1. The van der Waals surface area contributed by atoms with Crippen LogP contribution in [0.4, 0.5) is 10.5 Å². The van der Waals surface area contributed by atoms with Gasteiger partial charge in [0, 0.05) is 31.1 Å². The van der Waals surface area contributed by atoms with E-state index in [9.17, 15) is 9.59 Å². The average Bonchev–Trinajstić information content (AvgIpc) is 3.25. The summed E-state index contributed by atoms with van der Waals surface area (Å²) < 4.78 is 0. The van der Waals surface area contributed by atoms with Crippen LogP contribution in [-0.2, 0) is 0 Å². The van der Waals surface area contributed by atoms with Crippen molar-refractivity contribution in [2.45, 2.75) is 30.8 Å². The Balaban J connectivity index is 1.28. The van der Waals surface area contributed by atoms with Gasteiger partial charge in [0.2, 0.25) is 0 Å². The number of H-pyrrole nitrogens is 1. The number of aromatic amines is 1. The van der Waals surface area contributed by atoms with Gasteiger partial charge in [0.15, 0.2) is 0 Å². The summed E-state index contributed by atoms with van der Waals surface area (Å²) in [4.78, 5) is 25.8. The van der Waals surface area contributed by atoms with E-state index in [1.54, 1.807) is 6.20 Å². The number of aromatic nitrogens is 2. The van der Waals surface area contributed by atoms with E-state index in [1.807, 2.05) is 23.1 Å². The van der Waals surface area contributed by atoms with E-state index in [0.29, 0.717) is 24.7 Å². The minimum absolute atomic E-state index is 0.0132. The molecular formula is C18H20ClN5O2. The lowest BCUT2D eigenvalue weighted by molar-refractivity contribution is 0.237. The predicted octanol–water partition coefficient (Wildman–Crippen LogP) is 1.86. The molecule has 26 heavy (non-hydrogen) atoms. The molecule has 0 radical (unpaired) electrons. The highest BCUT2D eigenvalue weighted by atomic mass is 35.5. The molecule has 7 nitrogen and oxygen atoms in total. The van der Waals surface area contributed by atoms with Gasteiger partial charge in [-0.2, -0.15) is 5.10 Å². The lowest BCUT2D eigenvalue weighted by atomic mass is 10.1. The summed E-state index contributed by atoms with van der Waals surface area (Å²) in [5, 5.41) is 12.3. The number of benzene rings is 1. The van der Waals surface area contributed by atoms with Gasteiger partial charge >= 0.3 is 6.03 Å². The Morgan fingerprint density at radius 2 is 2.08 bits per heavy atom. The van der Waals surface area contributed by atoms with Crippen molar-refractivity contribution in [3.8, 4) is 0 Å². The van der Waals surface area contributed by atoms with Crippen molar-refractivity contribution in [1.29, 1.82) is 0 Å². The molecule has 1 saturated heterocycles. The first-order valence-electron chi connectivity index (χ1n) is 8.72. The van der Waals surface area contributed by atoms with E-state index >= 15 is 0 Å². The van der Waals surface area contributed by atoms with Gasteiger partial charge in [-0.25, -0.2) is 9.89 Å². The lowest BCUT2D eigenvalue weighted by Gasteiger charge is -2.19. The minimum atomic E-state index is -0.404. The van der Waals surface area contributed by atoms with Gasteiger partial charge < -0.3 is 15.5 Å². The lowest BCUT2D eigenvalue weighted by Crippen LogP contribution is -2.44. The number of amides is 2. The van der Waals surface area contributed by atoms with E-state index in [-0.39, 0.29) is 23.1 Å². The molecule has 0 bridgehead atoms. The van der Waals surface area contributed by atoms with Gasteiger partial charge in [-0.3, -0.25) is 4.79 Å². The number of carbonyl (C=O) groups is 1. The monoisotopic (exact) mass is 373 g/mol. The fraction of sp³-hybridized carbons (Fsp3) is 0.389. The first-order valence-corrected chi connectivity index (χ1v) is 9.09. The number of halogens is 1. The van der Waals surface area contributed by atoms with Crippen LogP contribution in [0.2, 0.25) is 5.02 Å². The van der Waals surface area contributed by atoms with Gasteiger partial charge in [-0.05, 0) is 18.4 Å². The molecule has 1 aliphatic heterocycles. The van der Waals surface area contributed by atoms with Crippen molar-refractivity contribution >= 4 is 23.3 Å². The molecule has 2 heterocycles. The smallest absolute Gasteiger partial charge is 0.315 e. The summed E-state index contributed by atoms with van der Waals surface area (Å²) in [7, 11) is 0. The molecule has 1 aliphatic carbocycles. The van der Waals surface area contributed by atoms with Crippen molar-refractivity contribution in [2.24, 2.45) is 0 Å². The van der Waals surface area contributed by atoms with Crippen LogP contribution >= 0.6 is 11.6 Å². The predicted molar refractivity (Wildman–Crippen MR) is 99.7 cm³/mol. The quantitative estimate of drug-likeness (QED) is 0.763. The molecule has 2 unspecified atom stereocenters. The summed E-state index contributed by atoms with van der Waals surface area (Å²) in [5.74, 6) is 0.406. The molecule has 2 amide bonds. The molecule has 8 heteroatoms. The summed E-state index contributed by atoms with van der Waals surface area (Å²) in [6.07, 6.45) is 3.31. The second-order valence-electron chi connectivity index (χ2n) is 6.81. The largest absolute Gasteiger partial charge is 0.367 e. The van der Waals surface area contributed by atoms with Crippen molar-refractivity contribution in [2.75, 3.05) is 18.0 Å². The standard InChI is InChI=1S/C18H20ClN5O2/c19-16-15(9-20-23-17(16)25)24-7-6-12(10-24)21-18(26)22-14-8-13(14)11-4-2-1-3-5-11/h1-5,9,12-14H,6-8,10H2,(H,23,25)(H2,21,22,26)/t12-,13?,14?/m1/s1. The van der Waals surface area contributed by atoms with Crippen LogP contribution in [0.3, 0.4) is 0 Å². The van der Waals surface area contributed by atoms with Crippen LogP contribution in [0.25, 0.3) is 0 Å². The van der Waals surface area contributed by atoms with E-state index in [4.69, 9.17) is 11.6 Å². The number of nitrogens with zero attached hydrogens (tertiary/aromatic N) is 2. The Bertz CT molecular complexity index is 856. The van der Waals surface area contributed by atoms with E-state index < -0.39 is 5.56 Å². The molecule has 136 valence electrons. The van der Waals surface area contributed by atoms with Crippen LogP contribution in [0.5, 0.6) is 0 Å². The molecule has 2 aliphatic rings. The Hall–Kier alpha value is -2.54. The number of hydrogen-bond donors (Lipinski definition) is 3. The maximum absolute atomic E-state index is 12.3. The molecule has 2 fully saturated rings. The maximum atomic E-state index is 12.3. The molecule has 2 aromatic rings. The number of rotatable bonds is 4. The van der Waals surface area contributed by atoms with Crippen LogP contribution in [0.1, 0.15) is 24.3 Å². The summed E-state index contributed by atoms with van der Waals surface area (Å²) in [6, 6.07) is 10.3. The number of hydrogen-bond acceptors (Lipinski definition) is 4. The molecule has 0 spiro atoms. The van der Waals surface area contributed by atoms with Crippen LogP contribution in [0.15, 0.2) is 41.3 Å². The van der Waals surface area contributed by atoms with Crippen LogP contribution < -0.4 is 21.1 Å². The van der Waals surface area contributed by atoms with Crippen LogP contribution in [0, 0.1) is 0 Å². The number of anilines is 1. The molecule has 1 saturated carbocycles. The Labute approximate surface area is 155 Å². The summed E-state index contributed by atoms with van der Waals surface area (Å²) >= 11 is 6.05. The third kappa shape index (κ3) is 3.53. The Morgan fingerprint density at radius 3 is 2.88 bits per heavy atom. The molecule has 3 atom stereocenters. The maximum Gasteiger partial charge on any atom is 0.315 e. The molecule has 1 aromatic carbocycles.